The topological polar surface area (TPSA) is 95.6 Å². The van der Waals surface area contributed by atoms with E-state index in [0.29, 0.717) is 31.4 Å². The Kier molecular flexibility index (Phi) is 6.94. The van der Waals surface area contributed by atoms with E-state index in [1.807, 2.05) is 6.20 Å². The Labute approximate surface area is 175 Å². The summed E-state index contributed by atoms with van der Waals surface area (Å²) in [6.45, 7) is 1.59. The molecule has 0 saturated carbocycles. The van der Waals surface area contributed by atoms with Crippen molar-refractivity contribution >= 4 is 26.7 Å². The summed E-state index contributed by atoms with van der Waals surface area (Å²) in [5.41, 5.74) is 1.89. The molecule has 0 radical (unpaired) electrons. The van der Waals surface area contributed by atoms with E-state index in [9.17, 15) is 12.8 Å². The van der Waals surface area contributed by atoms with Gasteiger partial charge < -0.3 is 20.4 Å². The minimum Gasteiger partial charge on any atom is -0.492 e. The van der Waals surface area contributed by atoms with Gasteiger partial charge in [-0.15, -0.1) is 0 Å². The molecule has 0 spiro atoms. The van der Waals surface area contributed by atoms with Crippen molar-refractivity contribution in [3.05, 3.63) is 60.0 Å². The number of fused-ring (bicyclic) bond motifs is 1. The molecule has 0 aliphatic carbocycles. The van der Waals surface area contributed by atoms with E-state index >= 15 is 0 Å². The van der Waals surface area contributed by atoms with Gasteiger partial charge in [0.25, 0.3) is 0 Å². The van der Waals surface area contributed by atoms with Gasteiger partial charge in [0.05, 0.1) is 11.4 Å². The molecule has 0 atom stereocenters. The molecule has 1 heterocycles. The number of sulfone groups is 1. The highest BCUT2D eigenvalue weighted by atomic mass is 32.2. The molecule has 0 amide bonds. The van der Waals surface area contributed by atoms with Crippen LogP contribution in [0.15, 0.2) is 58.5 Å². The fourth-order valence-corrected chi connectivity index (χ4v) is 3.65. The van der Waals surface area contributed by atoms with Crippen LogP contribution in [0, 0.1) is 5.82 Å². The number of hydrogen-bond donors (Lipinski definition) is 3. The van der Waals surface area contributed by atoms with E-state index in [1.165, 1.54) is 30.5 Å². The molecule has 160 valence electrons. The summed E-state index contributed by atoms with van der Waals surface area (Å²) in [7, 11) is -1.52. The number of aromatic nitrogens is 1. The van der Waals surface area contributed by atoms with Gasteiger partial charge in [0.2, 0.25) is 0 Å². The van der Waals surface area contributed by atoms with Crippen molar-refractivity contribution < 1.29 is 17.5 Å². The molecule has 0 aliphatic heterocycles. The first-order valence-electron chi connectivity index (χ1n) is 9.50. The van der Waals surface area contributed by atoms with Crippen molar-refractivity contribution in [3.8, 4) is 5.75 Å². The molecular formula is C21H25FN4O3S. The zero-order chi connectivity index (χ0) is 21.6. The average molecular weight is 433 g/mol. The van der Waals surface area contributed by atoms with Gasteiger partial charge in [-0.3, -0.25) is 4.99 Å². The zero-order valence-corrected chi connectivity index (χ0v) is 17.7. The lowest BCUT2D eigenvalue weighted by Crippen LogP contribution is -2.40. The van der Waals surface area contributed by atoms with Gasteiger partial charge in [-0.2, -0.15) is 0 Å². The van der Waals surface area contributed by atoms with Crippen molar-refractivity contribution in [2.75, 3.05) is 33.0 Å². The fraction of sp³-hybridized carbons (Fsp3) is 0.286. The first-order valence-corrected chi connectivity index (χ1v) is 11.4. The Balaban J connectivity index is 1.40. The number of aromatic amines is 1. The van der Waals surface area contributed by atoms with E-state index in [2.05, 4.69) is 20.6 Å². The Morgan fingerprint density at radius 1 is 1.13 bits per heavy atom. The minimum atomic E-state index is -3.21. The molecule has 3 rings (SSSR count). The van der Waals surface area contributed by atoms with Crippen molar-refractivity contribution in [3.63, 3.8) is 0 Å². The van der Waals surface area contributed by atoms with Gasteiger partial charge >= 0.3 is 0 Å². The average Bonchev–Trinajstić information content (AvgIpc) is 3.11. The standard InChI is InChI=1S/C21H25FN4O3S/c1-23-21(24-10-9-15-14-26-20-13-16(22)3-8-19(15)20)25-11-12-29-17-4-6-18(7-5-17)30(2,27)28/h3-8,13-14,26H,9-12H2,1-2H3,(H2,23,24,25). The highest BCUT2D eigenvalue weighted by Crippen LogP contribution is 2.19. The molecule has 9 heteroatoms. The molecule has 0 unspecified atom stereocenters. The monoisotopic (exact) mass is 432 g/mol. The van der Waals surface area contributed by atoms with Crippen LogP contribution in [0.1, 0.15) is 5.56 Å². The molecule has 0 bridgehead atoms. The lowest BCUT2D eigenvalue weighted by atomic mass is 10.1. The van der Waals surface area contributed by atoms with Crippen LogP contribution in [0.5, 0.6) is 5.75 Å². The van der Waals surface area contributed by atoms with Gasteiger partial charge in [-0.05, 0) is 54.4 Å². The molecule has 30 heavy (non-hydrogen) atoms. The van der Waals surface area contributed by atoms with Crippen molar-refractivity contribution in [2.45, 2.75) is 11.3 Å². The van der Waals surface area contributed by atoms with Gasteiger partial charge in [-0.1, -0.05) is 0 Å². The summed E-state index contributed by atoms with van der Waals surface area (Å²) in [6.07, 6.45) is 3.82. The summed E-state index contributed by atoms with van der Waals surface area (Å²) in [5, 5.41) is 7.41. The first-order chi connectivity index (χ1) is 14.4. The molecule has 3 aromatic rings. The molecule has 3 N–H and O–H groups in total. The predicted octanol–water partition coefficient (Wildman–Crippen LogP) is 2.50. The summed E-state index contributed by atoms with van der Waals surface area (Å²) < 4.78 is 41.8. The quantitative estimate of drug-likeness (QED) is 0.289. The second kappa shape index (κ2) is 9.62. The largest absolute Gasteiger partial charge is 0.492 e. The number of nitrogens with one attached hydrogen (secondary N) is 3. The third kappa shape index (κ3) is 5.73. The van der Waals surface area contributed by atoms with Crippen molar-refractivity contribution in [1.82, 2.24) is 15.6 Å². The maximum absolute atomic E-state index is 13.3. The molecule has 0 saturated heterocycles. The number of nitrogens with zero attached hydrogens (tertiary/aromatic N) is 1. The summed E-state index contributed by atoms with van der Waals surface area (Å²) >= 11 is 0. The van der Waals surface area contributed by atoms with E-state index in [1.54, 1.807) is 25.2 Å². The number of ether oxygens (including phenoxy) is 1. The summed E-state index contributed by atoms with van der Waals surface area (Å²) in [4.78, 5) is 7.53. The lowest BCUT2D eigenvalue weighted by Gasteiger charge is -2.12. The summed E-state index contributed by atoms with van der Waals surface area (Å²) in [5.74, 6) is 0.993. The number of benzene rings is 2. The Hall–Kier alpha value is -3.07. The van der Waals surface area contributed by atoms with Crippen LogP contribution < -0.4 is 15.4 Å². The second-order valence-electron chi connectivity index (χ2n) is 6.77. The van der Waals surface area contributed by atoms with E-state index in [4.69, 9.17) is 4.74 Å². The number of hydrogen-bond acceptors (Lipinski definition) is 4. The van der Waals surface area contributed by atoms with Crippen molar-refractivity contribution in [2.24, 2.45) is 4.99 Å². The number of aliphatic imine (C=N–C) groups is 1. The Morgan fingerprint density at radius 3 is 2.57 bits per heavy atom. The minimum absolute atomic E-state index is 0.257. The van der Waals surface area contributed by atoms with Crippen LogP contribution in [0.2, 0.25) is 0 Å². The number of H-pyrrole nitrogens is 1. The second-order valence-corrected chi connectivity index (χ2v) is 8.79. The first kappa shape index (κ1) is 21.6. The predicted molar refractivity (Wildman–Crippen MR) is 116 cm³/mol. The number of guanidine groups is 1. The maximum atomic E-state index is 13.3. The van der Waals surface area contributed by atoms with Crippen LogP contribution in [-0.4, -0.2) is 52.4 Å². The SMILES string of the molecule is CN=C(NCCOc1ccc(S(C)(=O)=O)cc1)NCCc1c[nH]c2cc(F)ccc12. The van der Waals surface area contributed by atoms with E-state index < -0.39 is 9.84 Å². The maximum Gasteiger partial charge on any atom is 0.191 e. The smallest absolute Gasteiger partial charge is 0.191 e. The Bertz CT molecular complexity index is 1120. The normalized spacial score (nSPS) is 12.2. The molecule has 1 aromatic heterocycles. The van der Waals surface area contributed by atoms with Gasteiger partial charge in [-0.25, -0.2) is 12.8 Å². The van der Waals surface area contributed by atoms with E-state index in [0.717, 1.165) is 22.9 Å². The fourth-order valence-electron chi connectivity index (χ4n) is 3.02. The molecule has 0 fully saturated rings. The summed E-state index contributed by atoms with van der Waals surface area (Å²) in [6, 6.07) is 11.1. The van der Waals surface area contributed by atoms with Gasteiger partial charge in [0, 0.05) is 36.9 Å². The number of rotatable bonds is 8. The Morgan fingerprint density at radius 2 is 1.87 bits per heavy atom. The van der Waals surface area contributed by atoms with Gasteiger partial charge in [0.1, 0.15) is 18.2 Å². The van der Waals surface area contributed by atoms with Crippen LogP contribution >= 0.6 is 0 Å². The van der Waals surface area contributed by atoms with Crippen LogP contribution in [-0.2, 0) is 16.3 Å². The van der Waals surface area contributed by atoms with Crippen molar-refractivity contribution in [1.29, 1.82) is 0 Å². The third-order valence-electron chi connectivity index (χ3n) is 4.55. The van der Waals surface area contributed by atoms with Crippen LogP contribution in [0.4, 0.5) is 4.39 Å². The number of halogens is 1. The highest BCUT2D eigenvalue weighted by molar-refractivity contribution is 7.90. The molecule has 7 nitrogen and oxygen atoms in total. The zero-order valence-electron chi connectivity index (χ0n) is 16.9. The molecular weight excluding hydrogens is 407 g/mol. The molecule has 2 aromatic carbocycles. The van der Waals surface area contributed by atoms with Crippen LogP contribution in [0.3, 0.4) is 0 Å². The highest BCUT2D eigenvalue weighted by Gasteiger charge is 2.07. The molecule has 0 aliphatic rings. The van der Waals surface area contributed by atoms with E-state index in [-0.39, 0.29) is 10.7 Å². The third-order valence-corrected chi connectivity index (χ3v) is 5.68. The van der Waals surface area contributed by atoms with Crippen LogP contribution in [0.25, 0.3) is 10.9 Å². The lowest BCUT2D eigenvalue weighted by molar-refractivity contribution is 0.321. The van der Waals surface area contributed by atoms with Gasteiger partial charge in [0.15, 0.2) is 15.8 Å².